The first-order chi connectivity index (χ1) is 14.1. The first-order valence-corrected chi connectivity index (χ1v) is 11.8. The minimum atomic E-state index is -0.737. The third-order valence-corrected chi connectivity index (χ3v) is 6.63. The lowest BCUT2D eigenvalue weighted by molar-refractivity contribution is 0.0123. The van der Waals surface area contributed by atoms with Crippen molar-refractivity contribution in [3.8, 4) is 0 Å². The Hall–Kier alpha value is -1.68. The second kappa shape index (κ2) is 7.78. The molecule has 0 saturated carbocycles. The van der Waals surface area contributed by atoms with Crippen LogP contribution in [-0.4, -0.2) is 58.0 Å². The number of hydrogen-bond donors (Lipinski definition) is 0. The zero-order valence-electron chi connectivity index (χ0n) is 17.2. The normalized spacial score (nSPS) is 21.4. The Morgan fingerprint density at radius 3 is 2.43 bits per heavy atom. The summed E-state index contributed by atoms with van der Waals surface area (Å²) in [5.41, 5.74) is -0.480. The van der Waals surface area contributed by atoms with E-state index in [2.05, 4.69) is 25.9 Å². The molecule has 30 heavy (non-hydrogen) atoms. The molecule has 0 radical (unpaired) electrons. The molecule has 1 aromatic heterocycles. The van der Waals surface area contributed by atoms with Gasteiger partial charge in [0.05, 0.1) is 16.6 Å². The molecule has 6 nitrogen and oxygen atoms in total. The molecule has 3 heterocycles. The van der Waals surface area contributed by atoms with Gasteiger partial charge in [-0.2, -0.15) is 0 Å². The molecule has 2 aliphatic heterocycles. The molecule has 0 aliphatic carbocycles. The average Bonchev–Trinajstić information content (AvgIpc) is 2.94. The van der Waals surface area contributed by atoms with Crippen LogP contribution in [-0.2, 0) is 4.74 Å². The van der Waals surface area contributed by atoms with E-state index in [0.29, 0.717) is 29.5 Å². The summed E-state index contributed by atoms with van der Waals surface area (Å²) in [6, 6.07) is 1.20. The van der Waals surface area contributed by atoms with Gasteiger partial charge in [0.25, 0.3) is 0 Å². The molecular weight excluding hydrogens is 478 g/mol. The van der Waals surface area contributed by atoms with Gasteiger partial charge < -0.3 is 9.64 Å². The summed E-state index contributed by atoms with van der Waals surface area (Å²) < 4.78 is 34.4. The molecule has 2 fully saturated rings. The maximum Gasteiger partial charge on any atom is 0.410 e. The SMILES string of the molecule is CSc1nc(N2C[C@H]3CC[C@@H](C2)N3C(=O)OC(C)(C)C)c2cc(F)c(Br)c(F)c2n1. The summed E-state index contributed by atoms with van der Waals surface area (Å²) in [4.78, 5) is 25.4. The number of halogens is 3. The molecule has 2 atom stereocenters. The lowest BCUT2D eigenvalue weighted by atomic mass is 10.1. The van der Waals surface area contributed by atoms with Crippen LogP contribution in [0, 0.1) is 11.6 Å². The zero-order chi connectivity index (χ0) is 21.8. The predicted molar refractivity (Wildman–Crippen MR) is 116 cm³/mol. The Labute approximate surface area is 186 Å². The van der Waals surface area contributed by atoms with Gasteiger partial charge >= 0.3 is 6.09 Å². The minimum absolute atomic E-state index is 0.0357. The van der Waals surface area contributed by atoms with Crippen molar-refractivity contribution in [2.45, 2.75) is 56.5 Å². The van der Waals surface area contributed by atoms with E-state index in [1.165, 1.54) is 17.8 Å². The second-order valence-corrected chi connectivity index (χ2v) is 10.2. The molecule has 1 aromatic carbocycles. The number of hydrogen-bond acceptors (Lipinski definition) is 6. The highest BCUT2D eigenvalue weighted by Gasteiger charge is 2.45. The van der Waals surface area contributed by atoms with Gasteiger partial charge in [-0.3, -0.25) is 4.90 Å². The van der Waals surface area contributed by atoms with E-state index in [-0.39, 0.29) is 28.2 Å². The van der Waals surface area contributed by atoms with Crippen LogP contribution in [0.3, 0.4) is 0 Å². The number of benzene rings is 1. The number of anilines is 1. The zero-order valence-corrected chi connectivity index (χ0v) is 19.6. The van der Waals surface area contributed by atoms with E-state index in [0.717, 1.165) is 12.8 Å². The third-order valence-electron chi connectivity index (χ3n) is 5.35. The molecule has 4 rings (SSSR count). The fourth-order valence-corrected chi connectivity index (χ4v) is 4.82. The highest BCUT2D eigenvalue weighted by atomic mass is 79.9. The number of ether oxygens (including phenoxy) is 1. The summed E-state index contributed by atoms with van der Waals surface area (Å²) in [7, 11) is 0. The molecule has 0 N–H and O–H groups in total. The number of aromatic nitrogens is 2. The second-order valence-electron chi connectivity index (χ2n) is 8.59. The van der Waals surface area contributed by atoms with E-state index in [9.17, 15) is 13.6 Å². The Kier molecular flexibility index (Phi) is 5.59. The molecule has 2 aliphatic rings. The Morgan fingerprint density at radius 1 is 1.23 bits per heavy atom. The molecule has 0 unspecified atom stereocenters. The van der Waals surface area contributed by atoms with Gasteiger partial charge in [0.2, 0.25) is 0 Å². The molecule has 10 heteroatoms. The van der Waals surface area contributed by atoms with Crippen molar-refractivity contribution in [2.75, 3.05) is 24.2 Å². The van der Waals surface area contributed by atoms with Gasteiger partial charge in [0, 0.05) is 18.5 Å². The highest BCUT2D eigenvalue weighted by molar-refractivity contribution is 9.10. The van der Waals surface area contributed by atoms with E-state index in [4.69, 9.17) is 4.74 Å². The van der Waals surface area contributed by atoms with Crippen LogP contribution in [0.5, 0.6) is 0 Å². The lowest BCUT2D eigenvalue weighted by Gasteiger charge is -2.42. The Balaban J connectivity index is 1.70. The molecule has 2 bridgehead atoms. The van der Waals surface area contributed by atoms with Gasteiger partial charge in [-0.15, -0.1) is 0 Å². The van der Waals surface area contributed by atoms with Crippen molar-refractivity contribution in [3.05, 3.63) is 22.2 Å². The summed E-state index contributed by atoms with van der Waals surface area (Å²) in [5, 5.41) is 0.743. The van der Waals surface area contributed by atoms with Gasteiger partial charge in [-0.25, -0.2) is 23.5 Å². The number of nitrogens with zero attached hydrogens (tertiary/aromatic N) is 4. The van der Waals surface area contributed by atoms with E-state index < -0.39 is 17.2 Å². The van der Waals surface area contributed by atoms with E-state index in [1.807, 2.05) is 36.8 Å². The lowest BCUT2D eigenvalue weighted by Crippen LogP contribution is -2.57. The van der Waals surface area contributed by atoms with Crippen molar-refractivity contribution in [3.63, 3.8) is 0 Å². The molecule has 0 spiro atoms. The van der Waals surface area contributed by atoms with Crippen molar-refractivity contribution in [2.24, 2.45) is 0 Å². The third kappa shape index (κ3) is 3.84. The van der Waals surface area contributed by atoms with Crippen molar-refractivity contribution >= 4 is 50.5 Å². The summed E-state index contributed by atoms with van der Waals surface area (Å²) >= 11 is 4.26. The molecule has 2 aromatic rings. The average molecular weight is 501 g/mol. The number of piperazine rings is 1. The van der Waals surface area contributed by atoms with E-state index in [1.54, 1.807) is 0 Å². The maximum absolute atomic E-state index is 14.7. The van der Waals surface area contributed by atoms with Crippen molar-refractivity contribution in [1.82, 2.24) is 14.9 Å². The van der Waals surface area contributed by atoms with Crippen LogP contribution in [0.15, 0.2) is 15.7 Å². The predicted octanol–water partition coefficient (Wildman–Crippen LogP) is 4.98. The van der Waals surface area contributed by atoms with Crippen LogP contribution >= 0.6 is 27.7 Å². The monoisotopic (exact) mass is 500 g/mol. The number of fused-ring (bicyclic) bond motifs is 3. The molecule has 1 amide bonds. The minimum Gasteiger partial charge on any atom is -0.444 e. The maximum atomic E-state index is 14.7. The molecular formula is C20H23BrF2N4O2S. The Bertz CT molecular complexity index is 1000. The summed E-state index contributed by atoms with van der Waals surface area (Å²) in [6.07, 6.45) is 3.21. The van der Waals surface area contributed by atoms with Gasteiger partial charge in [0.1, 0.15) is 22.8 Å². The number of amides is 1. The van der Waals surface area contributed by atoms with Crippen LogP contribution in [0.2, 0.25) is 0 Å². The first-order valence-electron chi connectivity index (χ1n) is 9.74. The quantitative estimate of drug-likeness (QED) is 0.329. The van der Waals surface area contributed by atoms with Crippen LogP contribution in [0.1, 0.15) is 33.6 Å². The number of thioether (sulfide) groups is 1. The fourth-order valence-electron chi connectivity index (χ4n) is 4.16. The van der Waals surface area contributed by atoms with Crippen LogP contribution in [0.4, 0.5) is 19.4 Å². The topological polar surface area (TPSA) is 58.6 Å². The van der Waals surface area contributed by atoms with Gasteiger partial charge in [-0.1, -0.05) is 11.8 Å². The first kappa shape index (κ1) is 21.5. The summed E-state index contributed by atoms with van der Waals surface area (Å²) in [5.74, 6) is -0.938. The highest BCUT2D eigenvalue weighted by Crippen LogP contribution is 2.38. The standard InChI is InChI=1S/C20H23BrF2N4O2S/c1-20(2,3)29-19(28)27-10-5-6-11(27)9-26(8-10)17-12-7-13(22)14(21)15(23)16(12)24-18(25-17)30-4/h7,10-11H,5-6,8-9H2,1-4H3/t10-,11+. The number of carbonyl (C=O) groups is 1. The van der Waals surface area contributed by atoms with Gasteiger partial charge in [0.15, 0.2) is 11.0 Å². The fraction of sp³-hybridized carbons (Fsp3) is 0.550. The molecule has 2 saturated heterocycles. The Morgan fingerprint density at radius 2 is 1.87 bits per heavy atom. The number of carbonyl (C=O) groups excluding carboxylic acids is 1. The van der Waals surface area contributed by atoms with Crippen molar-refractivity contribution in [1.29, 1.82) is 0 Å². The largest absolute Gasteiger partial charge is 0.444 e. The summed E-state index contributed by atoms with van der Waals surface area (Å²) in [6.45, 7) is 6.59. The van der Waals surface area contributed by atoms with Gasteiger partial charge in [-0.05, 0) is 61.9 Å². The number of rotatable bonds is 2. The van der Waals surface area contributed by atoms with Crippen LogP contribution < -0.4 is 4.90 Å². The van der Waals surface area contributed by atoms with Crippen LogP contribution in [0.25, 0.3) is 10.9 Å². The van der Waals surface area contributed by atoms with E-state index >= 15 is 0 Å². The smallest absolute Gasteiger partial charge is 0.410 e. The van der Waals surface area contributed by atoms with Crippen molar-refractivity contribution < 1.29 is 18.3 Å². The molecule has 162 valence electrons.